The molecule has 1 radical (unpaired) electrons. The normalized spacial score (nSPS) is 14.5. The highest BCUT2D eigenvalue weighted by Gasteiger charge is 2.12. The maximum atomic E-state index is 6.14. The van der Waals surface area contributed by atoms with Gasteiger partial charge in [0.05, 0.1) is 29.1 Å². The van der Waals surface area contributed by atoms with E-state index in [0.717, 1.165) is 78.5 Å². The Kier molecular flexibility index (Phi) is 8.85. The van der Waals surface area contributed by atoms with Crippen LogP contribution < -0.4 is 9.47 Å². The first-order valence-electron chi connectivity index (χ1n) is 12.6. The van der Waals surface area contributed by atoms with E-state index >= 15 is 0 Å². The number of morpholine rings is 1. The summed E-state index contributed by atoms with van der Waals surface area (Å²) in [7, 11) is -0.269. The van der Waals surface area contributed by atoms with Crippen molar-refractivity contribution >= 4 is 30.4 Å². The lowest BCUT2D eigenvalue weighted by molar-refractivity contribution is 0.0322. The van der Waals surface area contributed by atoms with Gasteiger partial charge in [-0.1, -0.05) is 24.4 Å². The van der Waals surface area contributed by atoms with Crippen LogP contribution in [0.4, 0.5) is 0 Å². The average molecular weight is 538 g/mol. The van der Waals surface area contributed by atoms with Crippen LogP contribution in [-0.4, -0.2) is 74.5 Å². The Morgan fingerprint density at radius 1 is 1.00 bits per heavy atom. The van der Waals surface area contributed by atoms with Gasteiger partial charge in [0.2, 0.25) is 0 Å². The first kappa shape index (κ1) is 25.9. The summed E-state index contributed by atoms with van der Waals surface area (Å²) in [6.45, 7) is 10.9. The minimum atomic E-state index is -0.269. The second kappa shape index (κ2) is 12.7. The molecule has 8 nitrogen and oxygen atoms in total. The summed E-state index contributed by atoms with van der Waals surface area (Å²) in [5.41, 5.74) is 3.01. The van der Waals surface area contributed by atoms with E-state index in [0.29, 0.717) is 18.5 Å². The molecule has 2 aromatic heterocycles. The van der Waals surface area contributed by atoms with E-state index < -0.39 is 0 Å². The zero-order valence-electron chi connectivity index (χ0n) is 21.4. The van der Waals surface area contributed by atoms with Crippen LogP contribution in [0.5, 0.6) is 16.7 Å². The van der Waals surface area contributed by atoms with E-state index in [9.17, 15) is 0 Å². The summed E-state index contributed by atoms with van der Waals surface area (Å²) in [6.07, 6.45) is 1.81. The molecule has 2 aromatic carbocycles. The number of ether oxygens (including phenoxy) is 4. The summed E-state index contributed by atoms with van der Waals surface area (Å²) in [5.74, 6) is 1.55. The molecule has 0 saturated carbocycles. The van der Waals surface area contributed by atoms with E-state index in [4.69, 9.17) is 18.9 Å². The van der Waals surface area contributed by atoms with E-state index in [1.807, 2.05) is 59.4 Å². The lowest BCUT2D eigenvalue weighted by atomic mass is 10.1. The Hall–Kier alpha value is -2.76. The molecule has 10 heteroatoms. The van der Waals surface area contributed by atoms with Crippen molar-refractivity contribution in [3.8, 4) is 28.0 Å². The van der Waals surface area contributed by atoms with Gasteiger partial charge in [-0.25, -0.2) is 9.67 Å². The summed E-state index contributed by atoms with van der Waals surface area (Å²) >= 11 is 1.54. The second-order valence-corrected chi connectivity index (χ2v) is 13.2. The molecule has 4 aromatic rings. The molecule has 0 N–H and O–H groups in total. The van der Waals surface area contributed by atoms with Crippen LogP contribution in [0.3, 0.4) is 0 Å². The smallest absolute Gasteiger partial charge is 0.274 e. The van der Waals surface area contributed by atoms with Crippen molar-refractivity contribution in [3.63, 3.8) is 0 Å². The van der Waals surface area contributed by atoms with E-state index in [-0.39, 0.29) is 8.80 Å². The molecule has 0 amide bonds. The van der Waals surface area contributed by atoms with E-state index in [1.54, 1.807) is 11.3 Å². The monoisotopic (exact) mass is 537 g/mol. The molecule has 0 spiro atoms. The van der Waals surface area contributed by atoms with Crippen molar-refractivity contribution in [2.24, 2.45) is 0 Å². The second-order valence-electron chi connectivity index (χ2n) is 9.25. The Labute approximate surface area is 223 Å². The third-order valence-electron chi connectivity index (χ3n) is 6.14. The quantitative estimate of drug-likeness (QED) is 0.177. The molecular weight excluding hydrogens is 504 g/mol. The van der Waals surface area contributed by atoms with Crippen molar-refractivity contribution in [2.75, 3.05) is 46.1 Å². The molecule has 0 aliphatic carbocycles. The topological polar surface area (TPSA) is 70.9 Å². The average Bonchev–Trinajstić information content (AvgIpc) is 3.54. The molecule has 195 valence electrons. The molecule has 0 unspecified atom stereocenters. The molecule has 5 rings (SSSR count). The fraction of sp³-hybridized carbons (Fsp3) is 0.407. The van der Waals surface area contributed by atoms with Crippen molar-refractivity contribution in [2.45, 2.75) is 25.9 Å². The van der Waals surface area contributed by atoms with Gasteiger partial charge < -0.3 is 18.9 Å². The molecule has 1 saturated heterocycles. The van der Waals surface area contributed by atoms with Gasteiger partial charge >= 0.3 is 0 Å². The number of benzene rings is 2. The molecule has 1 fully saturated rings. The SMILES string of the molecule is C[Si](C)CCOCn1nccc1-c1ccc(Oc2ccc3nc(OCCN4CCOCC4)sc3c2)cc1. The highest BCUT2D eigenvalue weighted by atomic mass is 32.1. The molecule has 0 atom stereocenters. The zero-order chi connectivity index (χ0) is 25.5. The molecule has 3 heterocycles. The lowest BCUT2D eigenvalue weighted by Crippen LogP contribution is -2.38. The van der Waals surface area contributed by atoms with Crippen LogP contribution in [-0.2, 0) is 16.2 Å². The Bertz CT molecular complexity index is 1270. The first-order valence-corrected chi connectivity index (χ1v) is 16.2. The molecule has 1 aliphatic heterocycles. The third-order valence-corrected chi connectivity index (χ3v) is 8.27. The Morgan fingerprint density at radius 2 is 1.81 bits per heavy atom. The van der Waals surface area contributed by atoms with Crippen LogP contribution in [0.25, 0.3) is 21.5 Å². The number of rotatable bonds is 12. The minimum absolute atomic E-state index is 0.269. The number of nitrogens with zero attached hydrogens (tertiary/aromatic N) is 4. The standard InChI is InChI=1S/C27H33N4O4SSi/c1-37(2)18-17-33-20-31-25(9-10-28-31)21-3-5-22(6-4-21)35-23-7-8-24-26(19-23)36-27(29-24)34-16-13-30-11-14-32-15-12-30/h3-10,19H,11-18,20H2,1-2H3. The van der Waals surface area contributed by atoms with Crippen molar-refractivity contribution in [1.29, 1.82) is 0 Å². The lowest BCUT2D eigenvalue weighted by Gasteiger charge is -2.26. The van der Waals surface area contributed by atoms with Crippen molar-refractivity contribution < 1.29 is 18.9 Å². The van der Waals surface area contributed by atoms with Crippen LogP contribution in [0.1, 0.15) is 0 Å². The fourth-order valence-corrected chi connectivity index (χ4v) is 5.45. The van der Waals surface area contributed by atoms with Crippen LogP contribution in [0, 0.1) is 0 Å². The first-order chi connectivity index (χ1) is 18.1. The van der Waals surface area contributed by atoms with Gasteiger partial charge in [-0.15, -0.1) is 0 Å². The molecule has 37 heavy (non-hydrogen) atoms. The highest BCUT2D eigenvalue weighted by molar-refractivity contribution is 7.20. The highest BCUT2D eigenvalue weighted by Crippen LogP contribution is 2.33. The van der Waals surface area contributed by atoms with Gasteiger partial charge in [-0.2, -0.15) is 5.10 Å². The van der Waals surface area contributed by atoms with Crippen LogP contribution in [0.2, 0.25) is 19.1 Å². The number of hydrogen-bond acceptors (Lipinski definition) is 8. The van der Waals surface area contributed by atoms with Gasteiger partial charge in [-0.3, -0.25) is 4.90 Å². The summed E-state index contributed by atoms with van der Waals surface area (Å²) < 4.78 is 26.2. The number of fused-ring (bicyclic) bond motifs is 1. The maximum Gasteiger partial charge on any atom is 0.274 e. The summed E-state index contributed by atoms with van der Waals surface area (Å²) in [4.78, 5) is 6.96. The maximum absolute atomic E-state index is 6.14. The zero-order valence-corrected chi connectivity index (χ0v) is 23.2. The van der Waals surface area contributed by atoms with Crippen LogP contribution >= 0.6 is 11.3 Å². The number of thiazole rings is 1. The minimum Gasteiger partial charge on any atom is -0.469 e. The Morgan fingerprint density at radius 3 is 2.62 bits per heavy atom. The van der Waals surface area contributed by atoms with Gasteiger partial charge in [0, 0.05) is 52.9 Å². The van der Waals surface area contributed by atoms with E-state index in [1.165, 1.54) is 0 Å². The van der Waals surface area contributed by atoms with Gasteiger partial charge in [0.15, 0.2) is 0 Å². The number of hydrogen-bond donors (Lipinski definition) is 0. The summed E-state index contributed by atoms with van der Waals surface area (Å²) in [6, 6.07) is 17.1. The predicted molar refractivity (Wildman–Crippen MR) is 148 cm³/mol. The predicted octanol–water partition coefficient (Wildman–Crippen LogP) is 5.39. The van der Waals surface area contributed by atoms with Gasteiger partial charge in [0.25, 0.3) is 5.19 Å². The molecule has 1 aliphatic rings. The van der Waals surface area contributed by atoms with Gasteiger partial charge in [0.1, 0.15) is 24.8 Å². The van der Waals surface area contributed by atoms with Crippen LogP contribution in [0.15, 0.2) is 54.7 Å². The molecular formula is C27H33N4O4SSi. The largest absolute Gasteiger partial charge is 0.469 e. The summed E-state index contributed by atoms with van der Waals surface area (Å²) in [5, 5.41) is 5.11. The number of aromatic nitrogens is 3. The molecule has 0 bridgehead atoms. The van der Waals surface area contributed by atoms with Crippen molar-refractivity contribution in [3.05, 3.63) is 54.7 Å². The Balaban J connectivity index is 1.16. The third kappa shape index (κ3) is 7.17. The van der Waals surface area contributed by atoms with Gasteiger partial charge in [-0.05, 0) is 48.5 Å². The fourth-order valence-electron chi connectivity index (χ4n) is 4.03. The van der Waals surface area contributed by atoms with Crippen molar-refractivity contribution in [1.82, 2.24) is 19.7 Å². The van der Waals surface area contributed by atoms with E-state index in [2.05, 4.69) is 28.1 Å².